The van der Waals surface area contributed by atoms with Crippen molar-refractivity contribution < 1.29 is 14.0 Å². The van der Waals surface area contributed by atoms with E-state index in [1.807, 2.05) is 0 Å². The van der Waals surface area contributed by atoms with Crippen molar-refractivity contribution in [1.82, 2.24) is 4.90 Å². The molecule has 6 heteroatoms. The number of amides is 3. The SMILES string of the molecule is CC(=O)Nc1cc(NC(=O)N2CCCC2)ccc1F. The van der Waals surface area contributed by atoms with E-state index in [0.717, 1.165) is 25.9 Å². The summed E-state index contributed by atoms with van der Waals surface area (Å²) >= 11 is 0. The van der Waals surface area contributed by atoms with Crippen molar-refractivity contribution in [2.24, 2.45) is 0 Å². The monoisotopic (exact) mass is 265 g/mol. The molecule has 102 valence electrons. The van der Waals surface area contributed by atoms with E-state index < -0.39 is 5.82 Å². The molecule has 0 aliphatic carbocycles. The van der Waals surface area contributed by atoms with Gasteiger partial charge in [0.25, 0.3) is 0 Å². The molecule has 1 saturated heterocycles. The van der Waals surface area contributed by atoms with Crippen LogP contribution < -0.4 is 10.6 Å². The van der Waals surface area contributed by atoms with E-state index in [4.69, 9.17) is 0 Å². The molecule has 0 radical (unpaired) electrons. The van der Waals surface area contributed by atoms with Gasteiger partial charge >= 0.3 is 6.03 Å². The van der Waals surface area contributed by atoms with Gasteiger partial charge in [-0.3, -0.25) is 4.79 Å². The fourth-order valence-electron chi connectivity index (χ4n) is 2.01. The highest BCUT2D eigenvalue weighted by Crippen LogP contribution is 2.20. The Morgan fingerprint density at radius 2 is 1.89 bits per heavy atom. The minimum atomic E-state index is -0.533. The average molecular weight is 265 g/mol. The summed E-state index contributed by atoms with van der Waals surface area (Å²) in [6.07, 6.45) is 2.02. The zero-order valence-electron chi connectivity index (χ0n) is 10.7. The van der Waals surface area contributed by atoms with Crippen LogP contribution in [0.4, 0.5) is 20.6 Å². The number of carbonyl (C=O) groups excluding carboxylic acids is 2. The molecule has 3 amide bonds. The lowest BCUT2D eigenvalue weighted by Crippen LogP contribution is -2.32. The van der Waals surface area contributed by atoms with E-state index >= 15 is 0 Å². The van der Waals surface area contributed by atoms with Gasteiger partial charge in [0.1, 0.15) is 5.82 Å². The number of urea groups is 1. The van der Waals surface area contributed by atoms with Crippen LogP contribution >= 0.6 is 0 Å². The largest absolute Gasteiger partial charge is 0.325 e. The summed E-state index contributed by atoms with van der Waals surface area (Å²) in [4.78, 5) is 24.5. The number of hydrogen-bond donors (Lipinski definition) is 2. The Morgan fingerprint density at radius 3 is 2.53 bits per heavy atom. The Hall–Kier alpha value is -2.11. The summed E-state index contributed by atoms with van der Waals surface area (Å²) < 4.78 is 13.4. The molecule has 2 N–H and O–H groups in total. The lowest BCUT2D eigenvalue weighted by atomic mass is 10.2. The smallest absolute Gasteiger partial charge is 0.321 e. The normalized spacial score (nSPS) is 14.3. The molecule has 1 aromatic carbocycles. The first-order valence-corrected chi connectivity index (χ1v) is 6.19. The first kappa shape index (κ1) is 13.3. The van der Waals surface area contributed by atoms with Crippen molar-refractivity contribution >= 4 is 23.3 Å². The maximum absolute atomic E-state index is 13.4. The number of nitrogens with zero attached hydrogens (tertiary/aromatic N) is 1. The highest BCUT2D eigenvalue weighted by molar-refractivity contribution is 5.92. The third-order valence-electron chi connectivity index (χ3n) is 2.92. The number of rotatable bonds is 2. The number of likely N-dealkylation sites (tertiary alicyclic amines) is 1. The molecule has 2 rings (SSSR count). The van der Waals surface area contributed by atoms with Crippen LogP contribution in [0, 0.1) is 5.82 Å². The number of halogens is 1. The molecule has 1 aromatic rings. The van der Waals surface area contributed by atoms with Crippen molar-refractivity contribution in [3.63, 3.8) is 0 Å². The molecule has 0 spiro atoms. The predicted octanol–water partition coefficient (Wildman–Crippen LogP) is 2.41. The Kier molecular flexibility index (Phi) is 3.99. The number of benzene rings is 1. The summed E-state index contributed by atoms with van der Waals surface area (Å²) in [5.74, 6) is -0.892. The molecule has 0 bridgehead atoms. The molecule has 0 saturated carbocycles. The fourth-order valence-corrected chi connectivity index (χ4v) is 2.01. The van der Waals surface area contributed by atoms with E-state index in [0.29, 0.717) is 5.69 Å². The third kappa shape index (κ3) is 3.43. The molecule has 1 aliphatic heterocycles. The van der Waals surface area contributed by atoms with Crippen molar-refractivity contribution in [3.05, 3.63) is 24.0 Å². The third-order valence-corrected chi connectivity index (χ3v) is 2.92. The van der Waals surface area contributed by atoms with Crippen LogP contribution in [-0.2, 0) is 4.79 Å². The molecule has 1 aliphatic rings. The second kappa shape index (κ2) is 5.69. The first-order valence-electron chi connectivity index (χ1n) is 6.19. The zero-order chi connectivity index (χ0) is 13.8. The second-order valence-corrected chi connectivity index (χ2v) is 4.50. The summed E-state index contributed by atoms with van der Waals surface area (Å²) in [5.41, 5.74) is 0.522. The molecule has 19 heavy (non-hydrogen) atoms. The van der Waals surface area contributed by atoms with Gasteiger partial charge in [-0.2, -0.15) is 0 Å². The Bertz CT molecular complexity index is 499. The lowest BCUT2D eigenvalue weighted by molar-refractivity contribution is -0.114. The van der Waals surface area contributed by atoms with Crippen molar-refractivity contribution in [3.8, 4) is 0 Å². The minimum Gasteiger partial charge on any atom is -0.325 e. The van der Waals surface area contributed by atoms with Crippen LogP contribution in [0.25, 0.3) is 0 Å². The lowest BCUT2D eigenvalue weighted by Gasteiger charge is -2.16. The van der Waals surface area contributed by atoms with Crippen LogP contribution in [0.2, 0.25) is 0 Å². The topological polar surface area (TPSA) is 61.4 Å². The maximum atomic E-state index is 13.4. The minimum absolute atomic E-state index is 0.0618. The Balaban J connectivity index is 2.07. The van der Waals surface area contributed by atoms with Crippen LogP contribution in [0.1, 0.15) is 19.8 Å². The van der Waals surface area contributed by atoms with Gasteiger partial charge in [-0.1, -0.05) is 0 Å². The average Bonchev–Trinajstić information content (AvgIpc) is 2.86. The Labute approximate surface area is 110 Å². The van der Waals surface area contributed by atoms with Gasteiger partial charge in [0.15, 0.2) is 0 Å². The van der Waals surface area contributed by atoms with Crippen LogP contribution in [0.15, 0.2) is 18.2 Å². The number of anilines is 2. The van der Waals surface area contributed by atoms with E-state index in [1.54, 1.807) is 4.90 Å². The van der Waals surface area contributed by atoms with Gasteiger partial charge in [0.2, 0.25) is 5.91 Å². The van der Waals surface area contributed by atoms with Gasteiger partial charge in [0.05, 0.1) is 5.69 Å². The highest BCUT2D eigenvalue weighted by atomic mass is 19.1. The molecule has 1 heterocycles. The van der Waals surface area contributed by atoms with Gasteiger partial charge < -0.3 is 15.5 Å². The molecule has 0 atom stereocenters. The molecular weight excluding hydrogens is 249 g/mol. The molecule has 0 unspecified atom stereocenters. The molecular formula is C13H16FN3O2. The van der Waals surface area contributed by atoms with Gasteiger partial charge in [-0.25, -0.2) is 9.18 Å². The molecule has 1 fully saturated rings. The standard InChI is InChI=1S/C13H16FN3O2/c1-9(18)15-12-8-10(4-5-11(12)14)16-13(19)17-6-2-3-7-17/h4-5,8H,2-3,6-7H2,1H3,(H,15,18)(H,16,19). The fraction of sp³-hybridized carbons (Fsp3) is 0.385. The van der Waals surface area contributed by atoms with E-state index in [-0.39, 0.29) is 17.6 Å². The number of nitrogens with one attached hydrogen (secondary N) is 2. The van der Waals surface area contributed by atoms with E-state index in [1.165, 1.54) is 25.1 Å². The van der Waals surface area contributed by atoms with Crippen molar-refractivity contribution in [2.75, 3.05) is 23.7 Å². The second-order valence-electron chi connectivity index (χ2n) is 4.50. The summed E-state index contributed by atoms with van der Waals surface area (Å²) in [7, 11) is 0. The quantitative estimate of drug-likeness (QED) is 0.862. The number of hydrogen-bond acceptors (Lipinski definition) is 2. The first-order chi connectivity index (χ1) is 9.06. The number of carbonyl (C=O) groups is 2. The van der Waals surface area contributed by atoms with Gasteiger partial charge in [-0.15, -0.1) is 0 Å². The highest BCUT2D eigenvalue weighted by Gasteiger charge is 2.18. The molecule has 0 aromatic heterocycles. The zero-order valence-corrected chi connectivity index (χ0v) is 10.7. The maximum Gasteiger partial charge on any atom is 0.321 e. The van der Waals surface area contributed by atoms with Gasteiger partial charge in [0, 0.05) is 25.7 Å². The summed E-state index contributed by atoms with van der Waals surface area (Å²) in [5, 5.41) is 5.07. The molecule has 5 nitrogen and oxygen atoms in total. The van der Waals surface area contributed by atoms with Crippen LogP contribution in [-0.4, -0.2) is 29.9 Å². The van der Waals surface area contributed by atoms with E-state index in [2.05, 4.69) is 10.6 Å². The van der Waals surface area contributed by atoms with Crippen molar-refractivity contribution in [1.29, 1.82) is 0 Å². The van der Waals surface area contributed by atoms with Crippen molar-refractivity contribution in [2.45, 2.75) is 19.8 Å². The van der Waals surface area contributed by atoms with Crippen LogP contribution in [0.3, 0.4) is 0 Å². The van der Waals surface area contributed by atoms with Crippen LogP contribution in [0.5, 0.6) is 0 Å². The summed E-state index contributed by atoms with van der Waals surface area (Å²) in [6.45, 7) is 2.78. The predicted molar refractivity (Wildman–Crippen MR) is 70.5 cm³/mol. The Morgan fingerprint density at radius 1 is 1.21 bits per heavy atom. The van der Waals surface area contributed by atoms with E-state index in [9.17, 15) is 14.0 Å². The van der Waals surface area contributed by atoms with Gasteiger partial charge in [-0.05, 0) is 31.0 Å². The summed E-state index contributed by atoms with van der Waals surface area (Å²) in [6, 6.07) is 3.89.